The van der Waals surface area contributed by atoms with Crippen molar-refractivity contribution in [2.24, 2.45) is 11.1 Å². The summed E-state index contributed by atoms with van der Waals surface area (Å²) in [5, 5.41) is 7.82. The zero-order valence-electron chi connectivity index (χ0n) is 16.0. The largest absolute Gasteiger partial charge is 0.340 e. The number of rotatable bonds is 6. The molecule has 0 aromatic heterocycles. The molecule has 9 heteroatoms. The molecule has 8 nitrogen and oxygen atoms in total. The quantitative estimate of drug-likeness (QED) is 0.729. The summed E-state index contributed by atoms with van der Waals surface area (Å²) in [7, 11) is -3.81. The van der Waals surface area contributed by atoms with Crippen LogP contribution in [0.25, 0.3) is 0 Å². The molecule has 1 saturated heterocycles. The summed E-state index contributed by atoms with van der Waals surface area (Å²) in [6.07, 6.45) is 5.46. The van der Waals surface area contributed by atoms with E-state index in [-0.39, 0.29) is 23.3 Å². The molecule has 1 aliphatic carbocycles. The molecular weight excluding hydrogens is 380 g/mol. The summed E-state index contributed by atoms with van der Waals surface area (Å²) in [5.41, 5.74) is 0.391. The first-order valence-corrected chi connectivity index (χ1v) is 11.3. The summed E-state index contributed by atoms with van der Waals surface area (Å²) >= 11 is 0. The van der Waals surface area contributed by atoms with Gasteiger partial charge in [0.2, 0.25) is 21.8 Å². The number of benzene rings is 1. The van der Waals surface area contributed by atoms with Gasteiger partial charge in [0.15, 0.2) is 0 Å². The van der Waals surface area contributed by atoms with E-state index < -0.39 is 10.0 Å². The van der Waals surface area contributed by atoms with Crippen LogP contribution in [0.2, 0.25) is 0 Å². The van der Waals surface area contributed by atoms with Crippen LogP contribution >= 0.6 is 0 Å². The number of carbonyl (C=O) groups excluding carboxylic acids is 2. The third-order valence-electron chi connectivity index (χ3n) is 5.48. The van der Waals surface area contributed by atoms with Gasteiger partial charge in [0.05, 0.1) is 11.4 Å². The number of carbonyl (C=O) groups is 2. The Kier molecular flexibility index (Phi) is 6.69. The monoisotopic (exact) mass is 408 g/mol. The number of piperazine rings is 1. The number of sulfonamides is 1. The lowest BCUT2D eigenvalue weighted by molar-refractivity contribution is -0.134. The Morgan fingerprint density at radius 2 is 1.79 bits per heavy atom. The SMILES string of the molecule is NS(=O)(=O)c1cccc(NC(=O)CN2CCN(C(=O)CC3CCCC3)CC2)c1. The van der Waals surface area contributed by atoms with Crippen molar-refractivity contribution in [3.8, 4) is 0 Å². The Hall–Kier alpha value is -1.97. The zero-order chi connectivity index (χ0) is 20.1. The minimum Gasteiger partial charge on any atom is -0.340 e. The molecule has 0 unspecified atom stereocenters. The van der Waals surface area contributed by atoms with E-state index in [0.717, 1.165) is 0 Å². The van der Waals surface area contributed by atoms with Crippen LogP contribution < -0.4 is 10.5 Å². The molecule has 1 aromatic carbocycles. The van der Waals surface area contributed by atoms with Gasteiger partial charge in [-0.25, -0.2) is 13.6 Å². The molecule has 1 heterocycles. The number of amides is 2. The summed E-state index contributed by atoms with van der Waals surface area (Å²) < 4.78 is 22.8. The van der Waals surface area contributed by atoms with Crippen molar-refractivity contribution in [3.05, 3.63) is 24.3 Å². The predicted octanol–water partition coefficient (Wildman–Crippen LogP) is 0.997. The molecule has 1 aromatic rings. The highest BCUT2D eigenvalue weighted by Crippen LogP contribution is 2.28. The predicted molar refractivity (Wildman–Crippen MR) is 106 cm³/mol. The second-order valence-corrected chi connectivity index (χ2v) is 9.19. The van der Waals surface area contributed by atoms with Gasteiger partial charge in [0.1, 0.15) is 0 Å². The van der Waals surface area contributed by atoms with E-state index in [0.29, 0.717) is 44.2 Å². The molecule has 0 radical (unpaired) electrons. The Morgan fingerprint density at radius 3 is 2.43 bits per heavy atom. The maximum Gasteiger partial charge on any atom is 0.238 e. The first-order chi connectivity index (χ1) is 13.3. The van der Waals surface area contributed by atoms with Gasteiger partial charge in [-0.2, -0.15) is 0 Å². The van der Waals surface area contributed by atoms with Crippen LogP contribution in [0.1, 0.15) is 32.1 Å². The van der Waals surface area contributed by atoms with E-state index in [1.54, 1.807) is 6.07 Å². The van der Waals surface area contributed by atoms with Crippen LogP contribution in [0.15, 0.2) is 29.2 Å². The Morgan fingerprint density at radius 1 is 1.11 bits per heavy atom. The van der Waals surface area contributed by atoms with E-state index in [9.17, 15) is 18.0 Å². The fourth-order valence-corrected chi connectivity index (χ4v) is 4.46. The maximum absolute atomic E-state index is 12.4. The standard InChI is InChI=1S/C19H28N4O4S/c20-28(26,27)17-7-3-6-16(13-17)21-18(24)14-22-8-10-23(11-9-22)19(25)12-15-4-1-2-5-15/h3,6-7,13,15H,1-2,4-5,8-12,14H2,(H,21,24)(H2,20,26,27). The highest BCUT2D eigenvalue weighted by atomic mass is 32.2. The van der Waals surface area contributed by atoms with Crippen LogP contribution in [0.4, 0.5) is 5.69 Å². The molecule has 0 bridgehead atoms. The number of hydrogen-bond donors (Lipinski definition) is 2. The molecular formula is C19H28N4O4S. The first-order valence-electron chi connectivity index (χ1n) is 9.74. The van der Waals surface area contributed by atoms with Crippen molar-refractivity contribution in [2.45, 2.75) is 37.0 Å². The van der Waals surface area contributed by atoms with Crippen molar-refractivity contribution in [3.63, 3.8) is 0 Å². The normalized spacial score (nSPS) is 19.0. The summed E-state index contributed by atoms with van der Waals surface area (Å²) in [6, 6.07) is 5.87. The fourth-order valence-electron chi connectivity index (χ4n) is 3.90. The molecule has 0 spiro atoms. The van der Waals surface area contributed by atoms with E-state index in [4.69, 9.17) is 5.14 Å². The van der Waals surface area contributed by atoms with Crippen LogP contribution in [-0.4, -0.2) is 62.8 Å². The van der Waals surface area contributed by atoms with E-state index >= 15 is 0 Å². The zero-order valence-corrected chi connectivity index (χ0v) is 16.8. The van der Waals surface area contributed by atoms with Gasteiger partial charge in [-0.3, -0.25) is 14.5 Å². The van der Waals surface area contributed by atoms with Gasteiger partial charge in [0.25, 0.3) is 0 Å². The third kappa shape index (κ3) is 5.76. The number of nitrogens with one attached hydrogen (secondary N) is 1. The van der Waals surface area contributed by atoms with E-state index in [1.165, 1.54) is 43.9 Å². The lowest BCUT2D eigenvalue weighted by atomic mass is 10.0. The number of nitrogens with two attached hydrogens (primary N) is 1. The van der Waals surface area contributed by atoms with E-state index in [1.807, 2.05) is 9.80 Å². The average molecular weight is 409 g/mol. The lowest BCUT2D eigenvalue weighted by Crippen LogP contribution is -2.50. The smallest absolute Gasteiger partial charge is 0.238 e. The molecule has 2 fully saturated rings. The molecule has 0 atom stereocenters. The average Bonchev–Trinajstić information content (AvgIpc) is 3.14. The van der Waals surface area contributed by atoms with E-state index in [2.05, 4.69) is 5.32 Å². The van der Waals surface area contributed by atoms with Gasteiger partial charge >= 0.3 is 0 Å². The second-order valence-electron chi connectivity index (χ2n) is 7.63. The van der Waals surface area contributed by atoms with Crippen molar-refractivity contribution >= 4 is 27.5 Å². The molecule has 3 N–H and O–H groups in total. The summed E-state index contributed by atoms with van der Waals surface area (Å²) in [6.45, 7) is 2.78. The second kappa shape index (κ2) is 9.02. The van der Waals surface area contributed by atoms with Crippen LogP contribution in [0.5, 0.6) is 0 Å². The molecule has 2 aliphatic rings. The summed E-state index contributed by atoms with van der Waals surface area (Å²) in [4.78, 5) is 28.5. The number of primary sulfonamides is 1. The van der Waals surface area contributed by atoms with Crippen LogP contribution in [0, 0.1) is 5.92 Å². The minimum absolute atomic E-state index is 0.0420. The highest BCUT2D eigenvalue weighted by molar-refractivity contribution is 7.89. The molecule has 154 valence electrons. The van der Waals surface area contributed by atoms with Gasteiger partial charge in [0, 0.05) is 38.3 Å². The number of anilines is 1. The lowest BCUT2D eigenvalue weighted by Gasteiger charge is -2.34. The third-order valence-corrected chi connectivity index (χ3v) is 6.39. The minimum atomic E-state index is -3.81. The maximum atomic E-state index is 12.4. The topological polar surface area (TPSA) is 113 Å². The van der Waals surface area contributed by atoms with Crippen LogP contribution in [-0.2, 0) is 19.6 Å². The van der Waals surface area contributed by atoms with Crippen molar-refractivity contribution in [2.75, 3.05) is 38.0 Å². The Bertz CT molecular complexity index is 813. The Labute approximate surface area is 166 Å². The van der Waals surface area contributed by atoms with Gasteiger partial charge in [-0.05, 0) is 37.0 Å². The van der Waals surface area contributed by atoms with Crippen molar-refractivity contribution in [1.29, 1.82) is 0 Å². The molecule has 1 aliphatic heterocycles. The molecule has 1 saturated carbocycles. The van der Waals surface area contributed by atoms with Crippen molar-refractivity contribution in [1.82, 2.24) is 9.80 Å². The Balaban J connectivity index is 1.44. The van der Waals surface area contributed by atoms with Crippen molar-refractivity contribution < 1.29 is 18.0 Å². The van der Waals surface area contributed by atoms with Crippen LogP contribution in [0.3, 0.4) is 0 Å². The van der Waals surface area contributed by atoms with Gasteiger partial charge < -0.3 is 10.2 Å². The number of hydrogen-bond acceptors (Lipinski definition) is 5. The number of nitrogens with zero attached hydrogens (tertiary/aromatic N) is 2. The summed E-state index contributed by atoms with van der Waals surface area (Å²) in [5.74, 6) is 0.553. The fraction of sp³-hybridized carbons (Fsp3) is 0.579. The molecule has 3 rings (SSSR count). The van der Waals surface area contributed by atoms with Gasteiger partial charge in [-0.1, -0.05) is 18.9 Å². The van der Waals surface area contributed by atoms with Gasteiger partial charge in [-0.15, -0.1) is 0 Å². The highest BCUT2D eigenvalue weighted by Gasteiger charge is 2.25. The molecule has 2 amide bonds. The first kappa shape index (κ1) is 20.8. The molecule has 28 heavy (non-hydrogen) atoms.